The van der Waals surface area contributed by atoms with E-state index in [-0.39, 0.29) is 0 Å². The van der Waals surface area contributed by atoms with Gasteiger partial charge in [0.15, 0.2) is 0 Å². The summed E-state index contributed by atoms with van der Waals surface area (Å²) in [4.78, 5) is 7.24. The summed E-state index contributed by atoms with van der Waals surface area (Å²) in [5, 5.41) is 0.830. The van der Waals surface area contributed by atoms with Gasteiger partial charge in [0.1, 0.15) is 5.82 Å². The third-order valence-corrected chi connectivity index (χ3v) is 5.30. The van der Waals surface area contributed by atoms with E-state index >= 15 is 0 Å². The number of imidazole rings is 1. The molecule has 1 atom stereocenters. The molecule has 0 unspecified atom stereocenters. The van der Waals surface area contributed by atoms with Crippen LogP contribution in [0.2, 0.25) is 5.02 Å². The molecule has 4 rings (SSSR count). The summed E-state index contributed by atoms with van der Waals surface area (Å²) >= 11 is 6.12. The molecule has 2 aliphatic rings. The molecule has 1 aliphatic heterocycles. The first-order valence-electron chi connectivity index (χ1n) is 8.76. The van der Waals surface area contributed by atoms with Crippen molar-refractivity contribution in [2.75, 3.05) is 13.1 Å². The van der Waals surface area contributed by atoms with E-state index in [1.807, 2.05) is 18.3 Å². The second-order valence-electron chi connectivity index (χ2n) is 7.09. The highest BCUT2D eigenvalue weighted by Crippen LogP contribution is 2.33. The molecule has 122 valence electrons. The molecular formula is C19H24ClN3. The van der Waals surface area contributed by atoms with Crippen LogP contribution in [0.5, 0.6) is 0 Å². The van der Waals surface area contributed by atoms with Crippen LogP contribution >= 0.6 is 11.6 Å². The molecular weight excluding hydrogens is 306 g/mol. The van der Waals surface area contributed by atoms with Crippen molar-refractivity contribution in [3.05, 3.63) is 53.1 Å². The number of likely N-dealkylation sites (tertiary alicyclic amines) is 1. The Balaban J connectivity index is 1.43. The first-order chi connectivity index (χ1) is 11.3. The van der Waals surface area contributed by atoms with Crippen LogP contribution in [-0.4, -0.2) is 27.5 Å². The molecule has 3 nitrogen and oxygen atoms in total. The third-order valence-electron chi connectivity index (χ3n) is 5.07. The Bertz CT molecular complexity index is 662. The Morgan fingerprint density at radius 3 is 2.96 bits per heavy atom. The third kappa shape index (κ3) is 3.78. The number of halogens is 1. The fraction of sp³-hybridized carbons (Fsp3) is 0.526. The van der Waals surface area contributed by atoms with E-state index < -0.39 is 0 Å². The highest BCUT2D eigenvalue weighted by atomic mass is 35.5. The Morgan fingerprint density at radius 1 is 1.22 bits per heavy atom. The minimum Gasteiger partial charge on any atom is -0.334 e. The quantitative estimate of drug-likeness (QED) is 0.814. The Kier molecular flexibility index (Phi) is 4.41. The summed E-state index contributed by atoms with van der Waals surface area (Å²) in [6, 6.07) is 8.24. The number of rotatable bonds is 5. The lowest BCUT2D eigenvalue weighted by molar-refractivity contribution is 0.194. The van der Waals surface area contributed by atoms with E-state index in [1.54, 1.807) is 0 Å². The lowest BCUT2D eigenvalue weighted by Gasteiger charge is -2.32. The van der Waals surface area contributed by atoms with Crippen molar-refractivity contribution in [1.82, 2.24) is 14.5 Å². The first-order valence-corrected chi connectivity index (χ1v) is 9.13. The van der Waals surface area contributed by atoms with Crippen LogP contribution in [0.1, 0.15) is 43.0 Å². The lowest BCUT2D eigenvalue weighted by atomic mass is 9.96. The predicted molar refractivity (Wildman–Crippen MR) is 93.7 cm³/mol. The van der Waals surface area contributed by atoms with Crippen molar-refractivity contribution in [1.29, 1.82) is 0 Å². The van der Waals surface area contributed by atoms with Crippen LogP contribution in [0.25, 0.3) is 0 Å². The largest absolute Gasteiger partial charge is 0.334 e. The van der Waals surface area contributed by atoms with E-state index in [9.17, 15) is 0 Å². The molecule has 2 fully saturated rings. The minimum atomic E-state index is 0.566. The number of hydrogen-bond donors (Lipinski definition) is 0. The van der Waals surface area contributed by atoms with E-state index in [0.717, 1.165) is 24.0 Å². The van der Waals surface area contributed by atoms with Gasteiger partial charge in [-0.15, -0.1) is 0 Å². The Hall–Kier alpha value is -1.32. The maximum Gasteiger partial charge on any atom is 0.113 e. The van der Waals surface area contributed by atoms with Gasteiger partial charge in [-0.25, -0.2) is 4.98 Å². The van der Waals surface area contributed by atoms with Crippen LogP contribution in [-0.2, 0) is 13.1 Å². The number of aromatic nitrogens is 2. The summed E-state index contributed by atoms with van der Waals surface area (Å²) in [7, 11) is 0. The van der Waals surface area contributed by atoms with Crippen molar-refractivity contribution >= 4 is 11.6 Å². The molecule has 1 saturated carbocycles. The molecule has 23 heavy (non-hydrogen) atoms. The van der Waals surface area contributed by atoms with Crippen molar-refractivity contribution in [3.8, 4) is 0 Å². The van der Waals surface area contributed by atoms with Gasteiger partial charge in [0.05, 0.1) is 0 Å². The summed E-state index contributed by atoms with van der Waals surface area (Å²) in [6.07, 6.45) is 9.44. The van der Waals surface area contributed by atoms with Crippen LogP contribution in [0.3, 0.4) is 0 Å². The Labute approximate surface area is 143 Å². The number of hydrogen-bond acceptors (Lipinski definition) is 2. The number of nitrogens with zero attached hydrogens (tertiary/aromatic N) is 3. The van der Waals surface area contributed by atoms with Crippen LogP contribution < -0.4 is 0 Å². The maximum atomic E-state index is 6.12. The zero-order valence-corrected chi connectivity index (χ0v) is 14.3. The number of piperidine rings is 1. The van der Waals surface area contributed by atoms with Crippen molar-refractivity contribution in [2.24, 2.45) is 5.92 Å². The van der Waals surface area contributed by atoms with Gasteiger partial charge in [0.25, 0.3) is 0 Å². The molecule has 1 saturated heterocycles. The SMILES string of the molecule is Clc1cccc(CN2CCC[C@H](c3nccn3CC3CC3)C2)c1. The van der Waals surface area contributed by atoms with Crippen LogP contribution in [0, 0.1) is 5.92 Å². The second-order valence-corrected chi connectivity index (χ2v) is 7.52. The molecule has 0 radical (unpaired) electrons. The molecule has 1 aromatic carbocycles. The average Bonchev–Trinajstić information content (AvgIpc) is 3.23. The van der Waals surface area contributed by atoms with Gasteiger partial charge in [-0.1, -0.05) is 23.7 Å². The van der Waals surface area contributed by atoms with Crippen LogP contribution in [0.15, 0.2) is 36.7 Å². The van der Waals surface area contributed by atoms with Gasteiger partial charge >= 0.3 is 0 Å². The lowest BCUT2D eigenvalue weighted by Crippen LogP contribution is -2.35. The maximum absolute atomic E-state index is 6.12. The zero-order valence-electron chi connectivity index (χ0n) is 13.5. The molecule has 2 heterocycles. The minimum absolute atomic E-state index is 0.566. The van der Waals surface area contributed by atoms with Gasteiger partial charge in [0.2, 0.25) is 0 Å². The van der Waals surface area contributed by atoms with Gasteiger partial charge in [-0.2, -0.15) is 0 Å². The molecule has 0 N–H and O–H groups in total. The van der Waals surface area contributed by atoms with Gasteiger partial charge in [-0.05, 0) is 55.8 Å². The number of benzene rings is 1. The standard InChI is InChI=1S/C19H24ClN3/c20-18-5-1-3-16(11-18)12-22-9-2-4-17(14-22)19-21-8-10-23(19)13-15-6-7-15/h1,3,5,8,10-11,15,17H,2,4,6-7,9,12-14H2/t17-/m0/s1. The topological polar surface area (TPSA) is 21.1 Å². The molecule has 4 heteroatoms. The van der Waals surface area contributed by atoms with E-state index in [2.05, 4.69) is 27.8 Å². The van der Waals surface area contributed by atoms with Crippen molar-refractivity contribution < 1.29 is 0 Å². The van der Waals surface area contributed by atoms with E-state index in [1.165, 1.54) is 50.2 Å². The van der Waals surface area contributed by atoms with Gasteiger partial charge in [-0.3, -0.25) is 4.90 Å². The predicted octanol–water partition coefficient (Wildman–Crippen LogP) is 4.33. The highest BCUT2D eigenvalue weighted by Gasteiger charge is 2.27. The molecule has 2 aromatic rings. The monoisotopic (exact) mass is 329 g/mol. The fourth-order valence-corrected chi connectivity index (χ4v) is 3.93. The molecule has 0 amide bonds. The Morgan fingerprint density at radius 2 is 2.13 bits per heavy atom. The summed E-state index contributed by atoms with van der Waals surface area (Å²) in [5.41, 5.74) is 1.31. The van der Waals surface area contributed by atoms with Crippen LogP contribution in [0.4, 0.5) is 0 Å². The van der Waals surface area contributed by atoms with Gasteiger partial charge < -0.3 is 4.57 Å². The summed E-state index contributed by atoms with van der Waals surface area (Å²) in [6.45, 7) is 4.43. The van der Waals surface area contributed by atoms with Crippen molar-refractivity contribution in [2.45, 2.75) is 44.7 Å². The second kappa shape index (κ2) is 6.66. The summed E-state index contributed by atoms with van der Waals surface area (Å²) < 4.78 is 2.41. The van der Waals surface area contributed by atoms with E-state index in [4.69, 9.17) is 16.6 Å². The highest BCUT2D eigenvalue weighted by molar-refractivity contribution is 6.30. The fourth-order valence-electron chi connectivity index (χ4n) is 3.72. The average molecular weight is 330 g/mol. The normalized spacial score (nSPS) is 22.4. The smallest absolute Gasteiger partial charge is 0.113 e. The van der Waals surface area contributed by atoms with E-state index in [0.29, 0.717) is 5.92 Å². The molecule has 1 aliphatic carbocycles. The first kappa shape index (κ1) is 15.2. The van der Waals surface area contributed by atoms with Gasteiger partial charge in [0, 0.05) is 43.0 Å². The molecule has 0 spiro atoms. The molecule has 0 bridgehead atoms. The molecule has 1 aromatic heterocycles. The zero-order chi connectivity index (χ0) is 15.6. The summed E-state index contributed by atoms with van der Waals surface area (Å²) in [5.74, 6) is 2.76. The van der Waals surface area contributed by atoms with Crippen molar-refractivity contribution in [3.63, 3.8) is 0 Å².